The van der Waals surface area contributed by atoms with Gasteiger partial charge in [-0.25, -0.2) is 8.42 Å². The van der Waals surface area contributed by atoms with Gasteiger partial charge in [0.2, 0.25) is 10.0 Å². The third kappa shape index (κ3) is 5.16. The Balaban J connectivity index is 1.75. The van der Waals surface area contributed by atoms with E-state index in [0.717, 1.165) is 36.1 Å². The molecule has 2 aromatic rings. The van der Waals surface area contributed by atoms with Gasteiger partial charge >= 0.3 is 0 Å². The minimum atomic E-state index is -3.58. The quantitative estimate of drug-likeness (QED) is 0.750. The van der Waals surface area contributed by atoms with Crippen LogP contribution in [-0.2, 0) is 16.6 Å². The molecule has 0 radical (unpaired) electrons. The molecule has 1 fully saturated rings. The Hall–Kier alpha value is -2.38. The van der Waals surface area contributed by atoms with Crippen LogP contribution >= 0.6 is 0 Å². The molecule has 0 atom stereocenters. The van der Waals surface area contributed by atoms with Crippen LogP contribution in [0.2, 0.25) is 0 Å². The summed E-state index contributed by atoms with van der Waals surface area (Å²) in [6.45, 7) is 5.71. The zero-order valence-electron chi connectivity index (χ0n) is 17.0. The number of sulfonamides is 1. The Kier molecular flexibility index (Phi) is 6.92. The molecule has 0 bridgehead atoms. The normalized spacial score (nSPS) is 15.1. The number of piperidine rings is 1. The lowest BCUT2D eigenvalue weighted by Gasteiger charge is -2.26. The Morgan fingerprint density at radius 1 is 1.10 bits per heavy atom. The summed E-state index contributed by atoms with van der Waals surface area (Å²) in [4.78, 5) is 12.9. The molecule has 1 aliphatic rings. The van der Waals surface area contributed by atoms with Crippen LogP contribution in [0.3, 0.4) is 0 Å². The number of rotatable bonds is 7. The SMILES string of the molecule is CCOc1cccc(CNC(=O)c2cc(S(=O)(=O)N3CCCCC3)ccc2C)c1. The largest absolute Gasteiger partial charge is 0.494 e. The maximum Gasteiger partial charge on any atom is 0.251 e. The monoisotopic (exact) mass is 416 g/mol. The highest BCUT2D eigenvalue weighted by molar-refractivity contribution is 7.89. The van der Waals surface area contributed by atoms with E-state index < -0.39 is 10.0 Å². The molecule has 1 aliphatic heterocycles. The first-order chi connectivity index (χ1) is 13.9. The minimum Gasteiger partial charge on any atom is -0.494 e. The maximum absolute atomic E-state index is 12.9. The molecule has 1 saturated heterocycles. The molecular weight excluding hydrogens is 388 g/mol. The molecule has 0 aromatic heterocycles. The van der Waals surface area contributed by atoms with Crippen LogP contribution in [0, 0.1) is 6.92 Å². The second-order valence-electron chi connectivity index (χ2n) is 7.20. The highest BCUT2D eigenvalue weighted by Crippen LogP contribution is 2.23. The van der Waals surface area contributed by atoms with Gasteiger partial charge < -0.3 is 10.1 Å². The van der Waals surface area contributed by atoms with Gasteiger partial charge in [0.25, 0.3) is 5.91 Å². The molecule has 2 aromatic carbocycles. The van der Waals surface area contributed by atoms with Crippen LogP contribution < -0.4 is 10.1 Å². The lowest BCUT2D eigenvalue weighted by atomic mass is 10.1. The number of amides is 1. The number of carbonyl (C=O) groups excluding carboxylic acids is 1. The van der Waals surface area contributed by atoms with Crippen molar-refractivity contribution >= 4 is 15.9 Å². The topological polar surface area (TPSA) is 75.7 Å². The zero-order chi connectivity index (χ0) is 20.9. The molecule has 3 rings (SSSR count). The van der Waals surface area contributed by atoms with Crippen molar-refractivity contribution in [2.24, 2.45) is 0 Å². The summed E-state index contributed by atoms with van der Waals surface area (Å²) in [5.41, 5.74) is 2.03. The van der Waals surface area contributed by atoms with E-state index in [9.17, 15) is 13.2 Å². The summed E-state index contributed by atoms with van der Waals surface area (Å²) < 4.78 is 32.9. The van der Waals surface area contributed by atoms with Crippen molar-refractivity contribution in [2.75, 3.05) is 19.7 Å². The summed E-state index contributed by atoms with van der Waals surface area (Å²) >= 11 is 0. The van der Waals surface area contributed by atoms with Gasteiger partial charge in [-0.1, -0.05) is 24.6 Å². The molecule has 0 spiro atoms. The number of nitrogens with zero attached hydrogens (tertiary/aromatic N) is 1. The maximum atomic E-state index is 12.9. The van der Waals surface area contributed by atoms with E-state index in [1.807, 2.05) is 38.1 Å². The summed E-state index contributed by atoms with van der Waals surface area (Å²) in [6, 6.07) is 12.3. The van der Waals surface area contributed by atoms with Gasteiger partial charge in [-0.05, 0) is 62.1 Å². The fourth-order valence-corrected chi connectivity index (χ4v) is 4.99. The lowest BCUT2D eigenvalue weighted by molar-refractivity contribution is 0.0950. The fraction of sp³-hybridized carbons (Fsp3) is 0.409. The summed E-state index contributed by atoms with van der Waals surface area (Å²) in [6.07, 6.45) is 2.80. The van der Waals surface area contributed by atoms with Crippen LogP contribution in [0.1, 0.15) is 47.7 Å². The van der Waals surface area contributed by atoms with Crippen LogP contribution in [0.25, 0.3) is 0 Å². The predicted octanol–water partition coefficient (Wildman–Crippen LogP) is 3.50. The molecule has 0 saturated carbocycles. The average Bonchev–Trinajstić information content (AvgIpc) is 2.73. The molecule has 1 amide bonds. The molecule has 7 heteroatoms. The molecule has 1 heterocycles. The summed E-state index contributed by atoms with van der Waals surface area (Å²) in [5.74, 6) is 0.463. The number of aryl methyl sites for hydroxylation is 1. The van der Waals surface area contributed by atoms with Crippen molar-refractivity contribution in [3.05, 3.63) is 59.2 Å². The van der Waals surface area contributed by atoms with E-state index in [1.54, 1.807) is 12.1 Å². The molecule has 6 nitrogen and oxygen atoms in total. The van der Waals surface area contributed by atoms with Crippen LogP contribution in [-0.4, -0.2) is 38.3 Å². The van der Waals surface area contributed by atoms with Gasteiger partial charge in [0.05, 0.1) is 11.5 Å². The zero-order valence-corrected chi connectivity index (χ0v) is 17.8. The first kappa shape index (κ1) is 21.3. The van der Waals surface area contributed by atoms with E-state index >= 15 is 0 Å². The second-order valence-corrected chi connectivity index (χ2v) is 9.14. The molecule has 29 heavy (non-hydrogen) atoms. The van der Waals surface area contributed by atoms with Crippen molar-refractivity contribution < 1.29 is 17.9 Å². The predicted molar refractivity (Wildman–Crippen MR) is 113 cm³/mol. The third-order valence-corrected chi connectivity index (χ3v) is 6.96. The van der Waals surface area contributed by atoms with Crippen molar-refractivity contribution in [1.29, 1.82) is 0 Å². The number of benzene rings is 2. The van der Waals surface area contributed by atoms with Crippen molar-refractivity contribution in [3.63, 3.8) is 0 Å². The molecule has 0 unspecified atom stereocenters. The van der Waals surface area contributed by atoms with E-state index in [1.165, 1.54) is 10.4 Å². The smallest absolute Gasteiger partial charge is 0.251 e. The van der Waals surface area contributed by atoms with Crippen LogP contribution in [0.15, 0.2) is 47.4 Å². The first-order valence-corrected chi connectivity index (χ1v) is 11.5. The van der Waals surface area contributed by atoms with Gasteiger partial charge in [0, 0.05) is 25.2 Å². The molecule has 156 valence electrons. The highest BCUT2D eigenvalue weighted by Gasteiger charge is 2.27. The molecule has 0 aliphatic carbocycles. The van der Waals surface area contributed by atoms with Gasteiger partial charge in [0.1, 0.15) is 5.75 Å². The summed E-state index contributed by atoms with van der Waals surface area (Å²) in [7, 11) is -3.58. The van der Waals surface area contributed by atoms with Crippen molar-refractivity contribution in [1.82, 2.24) is 9.62 Å². The molecular formula is C22H28N2O4S. The highest BCUT2D eigenvalue weighted by atomic mass is 32.2. The Bertz CT molecular complexity index is 967. The van der Waals surface area contributed by atoms with Gasteiger partial charge in [-0.15, -0.1) is 0 Å². The van der Waals surface area contributed by atoms with Gasteiger partial charge in [-0.2, -0.15) is 4.31 Å². The number of hydrogen-bond donors (Lipinski definition) is 1. The van der Waals surface area contributed by atoms with Crippen LogP contribution in [0.4, 0.5) is 0 Å². The lowest BCUT2D eigenvalue weighted by Crippen LogP contribution is -2.35. The van der Waals surface area contributed by atoms with E-state index in [2.05, 4.69) is 5.32 Å². The van der Waals surface area contributed by atoms with Crippen molar-refractivity contribution in [2.45, 2.75) is 44.6 Å². The standard InChI is InChI=1S/C22H28N2O4S/c1-3-28-19-9-7-8-18(14-19)16-23-22(25)21-15-20(11-10-17(21)2)29(26,27)24-12-5-4-6-13-24/h7-11,14-15H,3-6,12-13,16H2,1-2H3,(H,23,25). The van der Waals surface area contributed by atoms with E-state index in [0.29, 0.717) is 31.8 Å². The van der Waals surface area contributed by atoms with Gasteiger partial charge in [0.15, 0.2) is 0 Å². The van der Waals surface area contributed by atoms with Crippen LogP contribution in [0.5, 0.6) is 5.75 Å². The number of nitrogens with one attached hydrogen (secondary N) is 1. The van der Waals surface area contributed by atoms with E-state index in [4.69, 9.17) is 4.74 Å². The Labute approximate surface area is 172 Å². The number of ether oxygens (including phenoxy) is 1. The minimum absolute atomic E-state index is 0.175. The van der Waals surface area contributed by atoms with E-state index in [-0.39, 0.29) is 10.8 Å². The van der Waals surface area contributed by atoms with Crippen molar-refractivity contribution in [3.8, 4) is 5.75 Å². The number of carbonyl (C=O) groups is 1. The molecule has 1 N–H and O–H groups in total. The Morgan fingerprint density at radius 3 is 2.59 bits per heavy atom. The number of hydrogen-bond acceptors (Lipinski definition) is 4. The first-order valence-electron chi connectivity index (χ1n) is 10.0. The third-order valence-electron chi connectivity index (χ3n) is 5.07. The summed E-state index contributed by atoms with van der Waals surface area (Å²) in [5, 5.41) is 2.88. The average molecular weight is 417 g/mol. The second kappa shape index (κ2) is 9.41. The Morgan fingerprint density at radius 2 is 1.86 bits per heavy atom. The van der Waals surface area contributed by atoms with Gasteiger partial charge in [-0.3, -0.25) is 4.79 Å². The fourth-order valence-electron chi connectivity index (χ4n) is 3.45.